The maximum absolute atomic E-state index is 13.3. The number of nitrogens with zero attached hydrogens (tertiary/aromatic N) is 2. The van der Waals surface area contributed by atoms with Gasteiger partial charge in [-0.05, 0) is 71.8 Å². The largest absolute Gasteiger partial charge is 0.489 e. The van der Waals surface area contributed by atoms with E-state index in [0.29, 0.717) is 23.1 Å². The Bertz CT molecular complexity index is 1450. The molecule has 0 radical (unpaired) electrons. The molecule has 4 rings (SSSR count). The lowest BCUT2D eigenvalue weighted by Crippen LogP contribution is -2.39. The Morgan fingerprint density at radius 1 is 0.865 bits per heavy atom. The number of ether oxygens (including phenoxy) is 1. The van der Waals surface area contributed by atoms with Gasteiger partial charge in [0.1, 0.15) is 18.9 Å². The van der Waals surface area contributed by atoms with Crippen molar-refractivity contribution in [1.82, 2.24) is 5.43 Å². The molecule has 0 aliphatic rings. The first-order valence-electron chi connectivity index (χ1n) is 11.3. The van der Waals surface area contributed by atoms with Crippen LogP contribution in [-0.2, 0) is 21.4 Å². The third-order valence-electron chi connectivity index (χ3n) is 5.26. The fourth-order valence-electron chi connectivity index (χ4n) is 3.38. The maximum Gasteiger partial charge on any atom is 0.264 e. The van der Waals surface area contributed by atoms with Crippen LogP contribution in [0.15, 0.2) is 119 Å². The number of benzene rings is 4. The molecule has 0 atom stereocenters. The molecular formula is C28H24ClN3O4S. The first-order chi connectivity index (χ1) is 17.9. The summed E-state index contributed by atoms with van der Waals surface area (Å²) < 4.78 is 33.4. The van der Waals surface area contributed by atoms with E-state index in [1.807, 2.05) is 42.5 Å². The highest BCUT2D eigenvalue weighted by molar-refractivity contribution is 7.92. The third-order valence-corrected chi connectivity index (χ3v) is 7.30. The Balaban J connectivity index is 1.39. The number of hydrogen-bond acceptors (Lipinski definition) is 5. The van der Waals surface area contributed by atoms with Crippen LogP contribution in [0.4, 0.5) is 5.69 Å². The Kier molecular flexibility index (Phi) is 8.56. The van der Waals surface area contributed by atoms with E-state index in [1.165, 1.54) is 30.5 Å². The summed E-state index contributed by atoms with van der Waals surface area (Å²) in [5.74, 6) is 0.108. The monoisotopic (exact) mass is 533 g/mol. The van der Waals surface area contributed by atoms with Gasteiger partial charge in [-0.2, -0.15) is 5.10 Å². The van der Waals surface area contributed by atoms with Gasteiger partial charge < -0.3 is 4.74 Å². The van der Waals surface area contributed by atoms with Crippen molar-refractivity contribution in [3.63, 3.8) is 0 Å². The molecule has 0 aliphatic heterocycles. The van der Waals surface area contributed by atoms with E-state index in [0.717, 1.165) is 15.4 Å². The topological polar surface area (TPSA) is 88.1 Å². The summed E-state index contributed by atoms with van der Waals surface area (Å²) in [5, 5.41) is 4.38. The van der Waals surface area contributed by atoms with Gasteiger partial charge in [-0.15, -0.1) is 0 Å². The van der Waals surface area contributed by atoms with Crippen molar-refractivity contribution in [2.24, 2.45) is 5.10 Å². The molecule has 1 amide bonds. The molecule has 0 fully saturated rings. The molecule has 0 saturated carbocycles. The summed E-state index contributed by atoms with van der Waals surface area (Å²) in [5.41, 5.74) is 4.55. The smallest absolute Gasteiger partial charge is 0.264 e. The molecule has 0 unspecified atom stereocenters. The molecule has 7 nitrogen and oxygen atoms in total. The van der Waals surface area contributed by atoms with Crippen LogP contribution < -0.4 is 14.5 Å². The molecule has 4 aromatic rings. The van der Waals surface area contributed by atoms with E-state index in [9.17, 15) is 13.2 Å². The van der Waals surface area contributed by atoms with Crippen LogP contribution in [0.1, 0.15) is 11.1 Å². The number of hydrazone groups is 1. The molecular weight excluding hydrogens is 510 g/mol. The van der Waals surface area contributed by atoms with Crippen molar-refractivity contribution >= 4 is 39.4 Å². The highest BCUT2D eigenvalue weighted by Crippen LogP contribution is 2.24. The standard InChI is InChI=1S/C28H24ClN3O4S/c29-24-13-17-27(18-14-24)37(34,35)32(25-9-5-2-6-10-25)20-28(33)31-30-19-22-11-15-26(16-12-22)36-21-23-7-3-1-4-8-23/h1-19H,20-21H2,(H,31,33)/b30-19-. The van der Waals surface area contributed by atoms with Crippen molar-refractivity contribution in [1.29, 1.82) is 0 Å². The zero-order valence-electron chi connectivity index (χ0n) is 19.7. The van der Waals surface area contributed by atoms with Gasteiger partial charge in [-0.1, -0.05) is 60.1 Å². The van der Waals surface area contributed by atoms with Crippen molar-refractivity contribution in [3.05, 3.63) is 125 Å². The summed E-state index contributed by atoms with van der Waals surface area (Å²) in [6.45, 7) is -0.000245. The highest BCUT2D eigenvalue weighted by atomic mass is 35.5. The van der Waals surface area contributed by atoms with E-state index >= 15 is 0 Å². The second-order valence-electron chi connectivity index (χ2n) is 7.94. The Morgan fingerprint density at radius 3 is 2.14 bits per heavy atom. The highest BCUT2D eigenvalue weighted by Gasteiger charge is 2.27. The zero-order chi connectivity index (χ0) is 26.1. The molecule has 0 aromatic heterocycles. The molecule has 37 heavy (non-hydrogen) atoms. The first-order valence-corrected chi connectivity index (χ1v) is 13.2. The Hall–Kier alpha value is -4.14. The number of carbonyl (C=O) groups excluding carboxylic acids is 1. The molecule has 0 bridgehead atoms. The molecule has 0 saturated heterocycles. The van der Waals surface area contributed by atoms with Gasteiger partial charge in [-0.25, -0.2) is 13.8 Å². The number of hydrogen-bond donors (Lipinski definition) is 1. The SMILES string of the molecule is O=C(CN(c1ccccc1)S(=O)(=O)c1ccc(Cl)cc1)N/N=C\c1ccc(OCc2ccccc2)cc1. The van der Waals surface area contributed by atoms with Gasteiger partial charge in [-0.3, -0.25) is 9.10 Å². The summed E-state index contributed by atoms with van der Waals surface area (Å²) in [6.07, 6.45) is 1.47. The number of halogens is 1. The van der Waals surface area contributed by atoms with E-state index in [4.69, 9.17) is 16.3 Å². The average Bonchev–Trinajstić information content (AvgIpc) is 2.92. The second-order valence-corrected chi connectivity index (χ2v) is 10.2. The van der Waals surface area contributed by atoms with Crippen molar-refractivity contribution in [3.8, 4) is 5.75 Å². The first kappa shape index (κ1) is 25.9. The summed E-state index contributed by atoms with van der Waals surface area (Å²) in [6, 6.07) is 31.2. The van der Waals surface area contributed by atoms with Crippen LogP contribution in [0.25, 0.3) is 0 Å². The predicted octanol–water partition coefficient (Wildman–Crippen LogP) is 5.26. The van der Waals surface area contributed by atoms with Gasteiger partial charge >= 0.3 is 0 Å². The molecule has 1 N–H and O–H groups in total. The van der Waals surface area contributed by atoms with Crippen LogP contribution in [0, 0.1) is 0 Å². The summed E-state index contributed by atoms with van der Waals surface area (Å²) in [4.78, 5) is 12.7. The van der Waals surface area contributed by atoms with Crippen LogP contribution >= 0.6 is 11.6 Å². The summed E-state index contributed by atoms with van der Waals surface area (Å²) in [7, 11) is -4.03. The van der Waals surface area contributed by atoms with Crippen LogP contribution in [0.2, 0.25) is 5.02 Å². The molecule has 0 spiro atoms. The molecule has 188 valence electrons. The van der Waals surface area contributed by atoms with E-state index < -0.39 is 22.5 Å². The quantitative estimate of drug-likeness (QED) is 0.222. The number of amides is 1. The van der Waals surface area contributed by atoms with E-state index in [1.54, 1.807) is 42.5 Å². The lowest BCUT2D eigenvalue weighted by Gasteiger charge is -2.23. The van der Waals surface area contributed by atoms with Crippen molar-refractivity contribution < 1.29 is 17.9 Å². The van der Waals surface area contributed by atoms with Gasteiger partial charge in [0.25, 0.3) is 15.9 Å². The minimum absolute atomic E-state index is 0.0200. The number of sulfonamides is 1. The van der Waals surface area contributed by atoms with Crippen LogP contribution in [0.5, 0.6) is 5.75 Å². The molecule has 0 heterocycles. The molecule has 0 aliphatic carbocycles. The predicted molar refractivity (Wildman–Crippen MR) is 145 cm³/mol. The number of para-hydroxylation sites is 1. The van der Waals surface area contributed by atoms with Crippen LogP contribution in [-0.4, -0.2) is 27.1 Å². The average molecular weight is 534 g/mol. The number of rotatable bonds is 10. The minimum atomic E-state index is -4.03. The van der Waals surface area contributed by atoms with Crippen molar-refractivity contribution in [2.45, 2.75) is 11.5 Å². The van der Waals surface area contributed by atoms with E-state index in [2.05, 4.69) is 10.5 Å². The van der Waals surface area contributed by atoms with E-state index in [-0.39, 0.29) is 4.90 Å². The van der Waals surface area contributed by atoms with Gasteiger partial charge in [0, 0.05) is 5.02 Å². The van der Waals surface area contributed by atoms with Crippen LogP contribution in [0.3, 0.4) is 0 Å². The normalized spacial score (nSPS) is 11.3. The lowest BCUT2D eigenvalue weighted by atomic mass is 10.2. The maximum atomic E-state index is 13.3. The lowest BCUT2D eigenvalue weighted by molar-refractivity contribution is -0.119. The summed E-state index contributed by atoms with van der Waals surface area (Å²) >= 11 is 5.90. The third kappa shape index (κ3) is 7.19. The van der Waals surface area contributed by atoms with Gasteiger partial charge in [0.15, 0.2) is 0 Å². The fraction of sp³-hybridized carbons (Fsp3) is 0.0714. The number of carbonyl (C=O) groups is 1. The zero-order valence-corrected chi connectivity index (χ0v) is 21.3. The Morgan fingerprint density at radius 2 is 1.49 bits per heavy atom. The van der Waals surface area contributed by atoms with Crippen molar-refractivity contribution in [2.75, 3.05) is 10.8 Å². The molecule has 9 heteroatoms. The number of nitrogens with one attached hydrogen (secondary N) is 1. The fourth-order valence-corrected chi connectivity index (χ4v) is 4.93. The number of anilines is 1. The molecule has 4 aromatic carbocycles. The second kappa shape index (κ2) is 12.2. The Labute approximate surface area is 221 Å². The minimum Gasteiger partial charge on any atom is -0.489 e. The van der Waals surface area contributed by atoms with Gasteiger partial charge in [0.05, 0.1) is 16.8 Å². The van der Waals surface area contributed by atoms with Gasteiger partial charge in [0.2, 0.25) is 0 Å².